The van der Waals surface area contributed by atoms with Crippen molar-refractivity contribution in [3.63, 3.8) is 0 Å². The molecule has 9 nitrogen and oxygen atoms in total. The molecule has 0 atom stereocenters. The van der Waals surface area contributed by atoms with E-state index in [9.17, 15) is 0 Å². The normalized spacial score (nSPS) is 12.3. The van der Waals surface area contributed by atoms with E-state index in [0.717, 1.165) is 176 Å². The molecule has 0 aliphatic carbocycles. The average Bonchev–Trinajstić information content (AvgIpc) is 1.57. The Labute approximate surface area is 534 Å². The molecule has 0 fully saturated rings. The Balaban J connectivity index is 0.768. The third-order valence-corrected chi connectivity index (χ3v) is 19.5. The lowest BCUT2D eigenvalue weighted by Crippen LogP contribution is -2.10. The van der Waals surface area contributed by atoms with Gasteiger partial charge in [0.15, 0.2) is 5.82 Å². The second kappa shape index (κ2) is 19.3. The number of rotatable bonds is 7. The highest BCUT2D eigenvalue weighted by atomic mass is 16.3. The van der Waals surface area contributed by atoms with Crippen LogP contribution in [0.15, 0.2) is 304 Å². The minimum Gasteiger partial charge on any atom is -0.456 e. The number of nitrogens with zero attached hydrogens (tertiary/aromatic N) is 6. The predicted octanol–water partition coefficient (Wildman–Crippen LogP) is 22.7. The Morgan fingerprint density at radius 3 is 0.915 bits per heavy atom. The van der Waals surface area contributed by atoms with Crippen molar-refractivity contribution in [2.24, 2.45) is 0 Å². The van der Waals surface area contributed by atoms with Crippen LogP contribution in [0.1, 0.15) is 0 Å². The standard InChI is InChI=1S/C85H48N6O3/c1-2-16-56-55(15-1)63(35-39-73(56)89-70-23-9-3-17-57(70)64-43-49(29-36-74(64)89)52-32-40-80-67(46-52)60-20-6-12-26-77(60)92-80)83-86-84(90-71-24-10-4-18-58(71)65-44-50(30-37-75(65)90)53-33-41-81-68(47-53)61-21-7-13-27-78(61)93-81)88-85(87-83)91-72-25-11-5-19-59(72)66-45-51(31-38-76(66)91)54-34-42-82-69(48-54)62-22-8-14-28-79(62)94-82/h1-48H. The summed E-state index contributed by atoms with van der Waals surface area (Å²) in [5.74, 6) is 1.54. The van der Waals surface area contributed by atoms with Crippen molar-refractivity contribution in [1.82, 2.24) is 28.7 Å². The van der Waals surface area contributed by atoms with E-state index in [2.05, 4.69) is 268 Å². The molecule has 7 heterocycles. The first-order chi connectivity index (χ1) is 46.6. The first-order valence-corrected chi connectivity index (χ1v) is 31.7. The molecule has 9 heteroatoms. The number of aromatic nitrogens is 6. The van der Waals surface area contributed by atoms with Crippen LogP contribution in [0.2, 0.25) is 0 Å². The van der Waals surface area contributed by atoms with E-state index < -0.39 is 0 Å². The lowest BCUT2D eigenvalue weighted by molar-refractivity contribution is 0.668. The number of para-hydroxylation sites is 6. The van der Waals surface area contributed by atoms with Crippen LogP contribution in [0.5, 0.6) is 0 Å². The van der Waals surface area contributed by atoms with Gasteiger partial charge in [-0.3, -0.25) is 9.13 Å². The highest BCUT2D eigenvalue weighted by Crippen LogP contribution is 2.44. The molecule has 0 unspecified atom stereocenters. The summed E-state index contributed by atoms with van der Waals surface area (Å²) in [5, 5.41) is 15.3. The third-order valence-electron chi connectivity index (χ3n) is 19.5. The van der Waals surface area contributed by atoms with E-state index in [4.69, 9.17) is 28.2 Å². The fourth-order valence-electron chi connectivity index (χ4n) is 15.2. The van der Waals surface area contributed by atoms with Gasteiger partial charge in [-0.2, -0.15) is 15.0 Å². The molecular weight excluding hydrogens is 1150 g/mol. The second-order valence-electron chi connectivity index (χ2n) is 24.6. The minimum atomic E-state index is 0.500. The molecule has 21 aromatic rings. The first kappa shape index (κ1) is 51.0. The smallest absolute Gasteiger partial charge is 0.240 e. The maximum Gasteiger partial charge on any atom is 0.240 e. The molecule has 0 aliphatic rings. The molecule has 0 amide bonds. The van der Waals surface area contributed by atoms with Crippen molar-refractivity contribution in [1.29, 1.82) is 0 Å². The number of fused-ring (bicyclic) bond motifs is 19. The zero-order valence-electron chi connectivity index (χ0n) is 50.1. The van der Waals surface area contributed by atoms with E-state index >= 15 is 0 Å². The third kappa shape index (κ3) is 7.43. The maximum absolute atomic E-state index is 6.27. The molecule has 14 aromatic carbocycles. The van der Waals surface area contributed by atoms with E-state index in [1.807, 2.05) is 36.4 Å². The van der Waals surface area contributed by atoms with Gasteiger partial charge in [0.2, 0.25) is 11.9 Å². The molecule has 94 heavy (non-hydrogen) atoms. The second-order valence-corrected chi connectivity index (χ2v) is 24.6. The van der Waals surface area contributed by atoms with Gasteiger partial charge in [-0.15, -0.1) is 0 Å². The van der Waals surface area contributed by atoms with Crippen LogP contribution in [-0.4, -0.2) is 28.7 Å². The summed E-state index contributed by atoms with van der Waals surface area (Å²) in [6.07, 6.45) is 0. The van der Waals surface area contributed by atoms with Crippen molar-refractivity contribution < 1.29 is 13.3 Å². The predicted molar refractivity (Wildman–Crippen MR) is 384 cm³/mol. The number of benzene rings is 14. The quantitative estimate of drug-likeness (QED) is 0.158. The molecule has 0 saturated carbocycles. The summed E-state index contributed by atoms with van der Waals surface area (Å²) in [7, 11) is 0. The van der Waals surface area contributed by atoms with Crippen LogP contribution in [0.3, 0.4) is 0 Å². The fourth-order valence-corrected chi connectivity index (χ4v) is 15.2. The molecule has 21 rings (SSSR count). The molecule has 0 bridgehead atoms. The molecule has 7 aromatic heterocycles. The topological polar surface area (TPSA) is 92.9 Å². The van der Waals surface area contributed by atoms with Crippen molar-refractivity contribution >= 4 is 142 Å². The summed E-state index contributed by atoms with van der Waals surface area (Å²) in [5.41, 5.74) is 20.0. The fraction of sp³-hybridized carbons (Fsp3) is 0. The number of furan rings is 3. The molecule has 0 N–H and O–H groups in total. The minimum absolute atomic E-state index is 0.500. The molecule has 0 aliphatic heterocycles. The van der Waals surface area contributed by atoms with Gasteiger partial charge in [-0.1, -0.05) is 170 Å². The van der Waals surface area contributed by atoms with Gasteiger partial charge in [0.05, 0.1) is 38.8 Å². The highest BCUT2D eigenvalue weighted by molar-refractivity contribution is 6.16. The molecule has 0 spiro atoms. The monoisotopic (exact) mass is 1200 g/mol. The van der Waals surface area contributed by atoms with E-state index in [1.54, 1.807) is 0 Å². The van der Waals surface area contributed by atoms with Crippen molar-refractivity contribution in [3.05, 3.63) is 291 Å². The Hall–Kier alpha value is -12.9. The van der Waals surface area contributed by atoms with E-state index in [-0.39, 0.29) is 0 Å². The molecule has 436 valence electrons. The lowest BCUT2D eigenvalue weighted by atomic mass is 10.0. The van der Waals surface area contributed by atoms with Gasteiger partial charge in [-0.05, 0) is 160 Å². The summed E-state index contributed by atoms with van der Waals surface area (Å²) >= 11 is 0. The van der Waals surface area contributed by atoms with Gasteiger partial charge in [0, 0.05) is 75.6 Å². The van der Waals surface area contributed by atoms with Gasteiger partial charge >= 0.3 is 0 Å². The Bertz CT molecular complexity index is 6580. The SMILES string of the molecule is c1ccc2c(c1)oc1ccc(-c3ccc4c(c3)c3ccccc3n4-c3nc(-c4ccc(-n5c6ccccc6c6cc(-c7ccc8oc9ccccc9c8c7)ccc65)c5ccccc45)nc(-n4c5ccccc5c5cc(-c6ccc7oc8ccccc8c7c6)ccc54)n3)cc12. The summed E-state index contributed by atoms with van der Waals surface area (Å²) in [6, 6.07) is 104. The van der Waals surface area contributed by atoms with Crippen LogP contribution in [-0.2, 0) is 0 Å². The van der Waals surface area contributed by atoms with Crippen molar-refractivity contribution in [2.45, 2.75) is 0 Å². The molecule has 0 radical (unpaired) electrons. The Morgan fingerprint density at radius 1 is 0.202 bits per heavy atom. The molecule has 0 saturated heterocycles. The zero-order chi connectivity index (χ0) is 61.3. The maximum atomic E-state index is 6.27. The van der Waals surface area contributed by atoms with Gasteiger partial charge in [-0.25, -0.2) is 0 Å². The van der Waals surface area contributed by atoms with Crippen LogP contribution < -0.4 is 0 Å². The Kier molecular flexibility index (Phi) is 10.5. The summed E-state index contributed by atoms with van der Waals surface area (Å²) in [4.78, 5) is 17.0. The largest absolute Gasteiger partial charge is 0.456 e. The van der Waals surface area contributed by atoms with Gasteiger partial charge < -0.3 is 17.8 Å². The van der Waals surface area contributed by atoms with E-state index in [1.165, 1.54) is 10.8 Å². The van der Waals surface area contributed by atoms with Crippen LogP contribution in [0, 0.1) is 0 Å². The van der Waals surface area contributed by atoms with Crippen LogP contribution in [0.25, 0.3) is 204 Å². The van der Waals surface area contributed by atoms with Gasteiger partial charge in [0.1, 0.15) is 33.5 Å². The van der Waals surface area contributed by atoms with Crippen LogP contribution in [0.4, 0.5) is 0 Å². The first-order valence-electron chi connectivity index (χ1n) is 31.7. The number of hydrogen-bond acceptors (Lipinski definition) is 6. The van der Waals surface area contributed by atoms with Crippen LogP contribution >= 0.6 is 0 Å². The van der Waals surface area contributed by atoms with Gasteiger partial charge in [0.25, 0.3) is 0 Å². The highest BCUT2D eigenvalue weighted by Gasteiger charge is 2.25. The van der Waals surface area contributed by atoms with Crippen molar-refractivity contribution in [2.75, 3.05) is 0 Å². The Morgan fingerprint density at radius 2 is 0.500 bits per heavy atom. The summed E-state index contributed by atoms with van der Waals surface area (Å²) < 4.78 is 25.6. The number of hydrogen-bond donors (Lipinski definition) is 0. The van der Waals surface area contributed by atoms with E-state index in [0.29, 0.717) is 17.7 Å². The average molecular weight is 1200 g/mol. The van der Waals surface area contributed by atoms with Crippen molar-refractivity contribution in [3.8, 4) is 62.4 Å². The lowest BCUT2D eigenvalue weighted by Gasteiger charge is -2.16. The molecular formula is C85H48N6O3. The zero-order valence-corrected chi connectivity index (χ0v) is 50.1. The summed E-state index contributed by atoms with van der Waals surface area (Å²) in [6.45, 7) is 0.